The molecule has 0 spiro atoms. The van der Waals surface area contributed by atoms with E-state index < -0.39 is 29.9 Å². The van der Waals surface area contributed by atoms with Crippen molar-refractivity contribution in [2.24, 2.45) is 0 Å². The molecule has 208 valence electrons. The van der Waals surface area contributed by atoms with E-state index in [4.69, 9.17) is 41.8 Å². The summed E-state index contributed by atoms with van der Waals surface area (Å²) in [5.41, 5.74) is 0.393. The van der Waals surface area contributed by atoms with Crippen LogP contribution in [0.15, 0.2) is 51.7 Å². The Labute approximate surface area is 242 Å². The molecule has 12 heteroatoms. The molecule has 0 saturated heterocycles. The average molecular weight is 604 g/mol. The molecule has 0 fully saturated rings. The second-order valence-electron chi connectivity index (χ2n) is 8.26. The Morgan fingerprint density at radius 1 is 1.00 bits per heavy atom. The van der Waals surface area contributed by atoms with Crippen LogP contribution in [0, 0.1) is 6.92 Å². The van der Waals surface area contributed by atoms with Crippen LogP contribution in [0.25, 0.3) is 22.3 Å². The van der Waals surface area contributed by atoms with Crippen LogP contribution in [-0.2, 0) is 14.3 Å². The lowest BCUT2D eigenvalue weighted by atomic mass is 10.1. The number of nitrogens with one attached hydrogen (secondary N) is 1. The van der Waals surface area contributed by atoms with E-state index in [9.17, 15) is 19.2 Å². The Kier molecular flexibility index (Phi) is 9.14. The van der Waals surface area contributed by atoms with Crippen molar-refractivity contribution in [1.82, 2.24) is 0 Å². The van der Waals surface area contributed by atoms with Gasteiger partial charge in [-0.15, -0.1) is 11.3 Å². The van der Waals surface area contributed by atoms with Crippen molar-refractivity contribution in [3.63, 3.8) is 0 Å². The van der Waals surface area contributed by atoms with Crippen molar-refractivity contribution in [3.05, 3.63) is 78.7 Å². The van der Waals surface area contributed by atoms with E-state index in [1.54, 1.807) is 51.1 Å². The van der Waals surface area contributed by atoms with Crippen LogP contribution in [0.4, 0.5) is 5.00 Å². The fourth-order valence-corrected chi connectivity index (χ4v) is 5.50. The molecule has 2 heterocycles. The quantitative estimate of drug-likeness (QED) is 0.215. The van der Waals surface area contributed by atoms with Gasteiger partial charge in [0.05, 0.1) is 29.2 Å². The molecular formula is C28H23Cl2NO8S. The lowest BCUT2D eigenvalue weighted by molar-refractivity contribution is -0.118. The van der Waals surface area contributed by atoms with Gasteiger partial charge in [0.1, 0.15) is 9.88 Å². The van der Waals surface area contributed by atoms with Crippen molar-refractivity contribution in [2.75, 3.05) is 25.1 Å². The van der Waals surface area contributed by atoms with Gasteiger partial charge >= 0.3 is 11.9 Å². The van der Waals surface area contributed by atoms with E-state index in [2.05, 4.69) is 5.32 Å². The number of amides is 1. The molecule has 0 radical (unpaired) electrons. The topological polar surface area (TPSA) is 121 Å². The Bertz CT molecular complexity index is 1660. The second kappa shape index (κ2) is 12.5. The molecule has 40 heavy (non-hydrogen) atoms. The van der Waals surface area contributed by atoms with Crippen molar-refractivity contribution in [1.29, 1.82) is 0 Å². The van der Waals surface area contributed by atoms with Crippen molar-refractivity contribution in [3.8, 4) is 17.1 Å². The van der Waals surface area contributed by atoms with E-state index in [0.717, 1.165) is 11.3 Å². The number of carbonyl (C=O) groups is 3. The van der Waals surface area contributed by atoms with Crippen LogP contribution in [0.2, 0.25) is 10.0 Å². The minimum Gasteiger partial charge on any atom is -0.476 e. The molecule has 1 N–H and O–H groups in total. The van der Waals surface area contributed by atoms with Gasteiger partial charge in [0.15, 0.2) is 18.0 Å². The first kappa shape index (κ1) is 29.1. The third-order valence-electron chi connectivity index (χ3n) is 5.59. The summed E-state index contributed by atoms with van der Waals surface area (Å²) in [6, 6.07) is 11.5. The number of thiophene rings is 1. The summed E-state index contributed by atoms with van der Waals surface area (Å²) in [7, 11) is 0. The number of rotatable bonds is 9. The number of esters is 2. The van der Waals surface area contributed by atoms with E-state index in [1.807, 2.05) is 0 Å². The number of carbonyl (C=O) groups excluding carboxylic acids is 3. The summed E-state index contributed by atoms with van der Waals surface area (Å²) in [5.74, 6) is -2.21. The van der Waals surface area contributed by atoms with Gasteiger partial charge in [-0.1, -0.05) is 53.5 Å². The Morgan fingerprint density at radius 2 is 1.68 bits per heavy atom. The summed E-state index contributed by atoms with van der Waals surface area (Å²) in [5, 5.41) is 3.10. The summed E-state index contributed by atoms with van der Waals surface area (Å²) in [4.78, 5) is 51.6. The molecule has 4 aromatic rings. The molecule has 2 aromatic heterocycles. The van der Waals surface area contributed by atoms with Crippen molar-refractivity contribution in [2.45, 2.75) is 20.8 Å². The zero-order valence-electron chi connectivity index (χ0n) is 21.6. The Morgan fingerprint density at radius 3 is 2.35 bits per heavy atom. The molecule has 0 unspecified atom stereocenters. The van der Waals surface area contributed by atoms with Gasteiger partial charge in [0.2, 0.25) is 11.2 Å². The number of hydrogen-bond donors (Lipinski definition) is 1. The van der Waals surface area contributed by atoms with Crippen LogP contribution >= 0.6 is 34.5 Å². The number of halogens is 2. The van der Waals surface area contributed by atoms with Gasteiger partial charge in [-0.3, -0.25) is 9.59 Å². The second-order valence-corrected chi connectivity index (χ2v) is 10.1. The van der Waals surface area contributed by atoms with Gasteiger partial charge in [0.25, 0.3) is 5.91 Å². The third-order valence-corrected chi connectivity index (χ3v) is 7.28. The maximum Gasteiger partial charge on any atom is 0.348 e. The summed E-state index contributed by atoms with van der Waals surface area (Å²) < 4.78 is 21.9. The molecule has 0 aliphatic rings. The third kappa shape index (κ3) is 5.99. The van der Waals surface area contributed by atoms with E-state index in [0.29, 0.717) is 11.1 Å². The van der Waals surface area contributed by atoms with Gasteiger partial charge in [-0.25, -0.2) is 9.59 Å². The average Bonchev–Trinajstić information content (AvgIpc) is 3.24. The molecule has 9 nitrogen and oxygen atoms in total. The first-order chi connectivity index (χ1) is 19.2. The highest BCUT2D eigenvalue weighted by Crippen LogP contribution is 2.36. The maximum atomic E-state index is 13.5. The molecule has 0 atom stereocenters. The normalized spacial score (nSPS) is 10.8. The summed E-state index contributed by atoms with van der Waals surface area (Å²) in [6.07, 6.45) is 0. The van der Waals surface area contributed by atoms with Crippen LogP contribution in [-0.4, -0.2) is 37.7 Å². The number of fused-ring (bicyclic) bond motifs is 1. The highest BCUT2D eigenvalue weighted by atomic mass is 35.5. The molecule has 0 saturated carbocycles. The van der Waals surface area contributed by atoms with Crippen molar-refractivity contribution < 1.29 is 33.0 Å². The Hall–Kier alpha value is -3.86. The van der Waals surface area contributed by atoms with Crippen molar-refractivity contribution >= 4 is 68.4 Å². The minimum absolute atomic E-state index is 0.0303. The number of anilines is 1. The molecule has 0 aliphatic heterocycles. The lowest BCUT2D eigenvalue weighted by Gasteiger charge is -2.13. The molecule has 2 aromatic carbocycles. The largest absolute Gasteiger partial charge is 0.476 e. The highest BCUT2D eigenvalue weighted by molar-refractivity contribution is 7.18. The zero-order chi connectivity index (χ0) is 29.0. The van der Waals surface area contributed by atoms with Crippen LogP contribution < -0.4 is 15.5 Å². The van der Waals surface area contributed by atoms with E-state index in [1.165, 1.54) is 12.1 Å². The summed E-state index contributed by atoms with van der Waals surface area (Å²) in [6.45, 7) is 4.45. The smallest absolute Gasteiger partial charge is 0.348 e. The predicted octanol–water partition coefficient (Wildman–Crippen LogP) is 6.51. The molecule has 1 amide bonds. The monoisotopic (exact) mass is 603 g/mol. The van der Waals surface area contributed by atoms with E-state index in [-0.39, 0.29) is 61.2 Å². The van der Waals surface area contributed by atoms with Gasteiger partial charge < -0.3 is 23.9 Å². The lowest BCUT2D eigenvalue weighted by Crippen LogP contribution is -2.23. The zero-order valence-corrected chi connectivity index (χ0v) is 23.9. The fraction of sp³-hybridized carbons (Fsp3) is 0.214. The van der Waals surface area contributed by atoms with Gasteiger partial charge in [0, 0.05) is 10.6 Å². The first-order valence-electron chi connectivity index (χ1n) is 12.1. The number of ether oxygens (including phenoxy) is 3. The maximum absolute atomic E-state index is 13.5. The molecular weight excluding hydrogens is 581 g/mol. The Balaban J connectivity index is 1.68. The molecule has 0 aliphatic carbocycles. The summed E-state index contributed by atoms with van der Waals surface area (Å²) >= 11 is 13.3. The standard InChI is InChI=1S/C28H23Cl2NO8S/c1-4-36-27(34)20-14(3)25(28(35)37-5-2)40-26(20)31-19(32)13-38-24-21(33)17-11-16(29)12-18(30)23(17)39-22(24)15-9-7-6-8-10-15/h6-12H,4-5,13H2,1-3H3,(H,31,32). The van der Waals surface area contributed by atoms with Crippen LogP contribution in [0.1, 0.15) is 39.4 Å². The predicted molar refractivity (Wildman–Crippen MR) is 153 cm³/mol. The molecule has 4 rings (SSSR count). The van der Waals surface area contributed by atoms with E-state index >= 15 is 0 Å². The SMILES string of the molecule is CCOC(=O)c1sc(NC(=O)COc2c(-c3ccccc3)oc3c(Cl)cc(Cl)cc3c2=O)c(C(=O)OCC)c1C. The number of hydrogen-bond acceptors (Lipinski definition) is 9. The van der Waals surface area contributed by atoms with Gasteiger partial charge in [-0.05, 0) is 38.5 Å². The first-order valence-corrected chi connectivity index (χ1v) is 13.6. The highest BCUT2D eigenvalue weighted by Gasteiger charge is 2.28. The minimum atomic E-state index is -0.710. The van der Waals surface area contributed by atoms with Gasteiger partial charge in [-0.2, -0.15) is 0 Å². The van der Waals surface area contributed by atoms with Crippen LogP contribution in [0.3, 0.4) is 0 Å². The number of benzene rings is 2. The molecule has 0 bridgehead atoms. The fourth-order valence-electron chi connectivity index (χ4n) is 3.86. The van der Waals surface area contributed by atoms with Crippen LogP contribution in [0.5, 0.6) is 5.75 Å².